The first kappa shape index (κ1) is 16.2. The molecule has 0 atom stereocenters. The van der Waals surface area contributed by atoms with E-state index in [4.69, 9.17) is 0 Å². The van der Waals surface area contributed by atoms with Crippen LogP contribution in [0.2, 0.25) is 0 Å². The SMILES string of the molecule is Cc1ccn2c(C(=O)Nc3ccc(Br)cc3C(=O)O)c(C)nc2c1. The van der Waals surface area contributed by atoms with Crippen molar-refractivity contribution in [2.24, 2.45) is 0 Å². The van der Waals surface area contributed by atoms with E-state index in [-0.39, 0.29) is 11.3 Å². The lowest BCUT2D eigenvalue weighted by atomic mass is 10.1. The van der Waals surface area contributed by atoms with E-state index in [1.165, 1.54) is 6.07 Å². The lowest BCUT2D eigenvalue weighted by molar-refractivity contribution is 0.0698. The molecule has 24 heavy (non-hydrogen) atoms. The summed E-state index contributed by atoms with van der Waals surface area (Å²) in [6.45, 7) is 3.70. The lowest BCUT2D eigenvalue weighted by Crippen LogP contribution is -2.17. The number of hydrogen-bond donors (Lipinski definition) is 2. The van der Waals surface area contributed by atoms with Crippen molar-refractivity contribution in [1.29, 1.82) is 0 Å². The number of carbonyl (C=O) groups excluding carboxylic acids is 1. The quantitative estimate of drug-likeness (QED) is 0.717. The first-order chi connectivity index (χ1) is 11.4. The number of benzene rings is 1. The molecule has 122 valence electrons. The molecule has 3 aromatic rings. The number of pyridine rings is 1. The van der Waals surface area contributed by atoms with Gasteiger partial charge in [-0.2, -0.15) is 0 Å². The number of nitrogens with one attached hydrogen (secondary N) is 1. The highest BCUT2D eigenvalue weighted by Crippen LogP contribution is 2.23. The Balaban J connectivity index is 2.03. The molecule has 0 spiro atoms. The molecule has 2 heterocycles. The minimum absolute atomic E-state index is 0.0139. The van der Waals surface area contributed by atoms with Crippen molar-refractivity contribution in [2.45, 2.75) is 13.8 Å². The van der Waals surface area contributed by atoms with Crippen LogP contribution in [0.5, 0.6) is 0 Å². The molecule has 2 aromatic heterocycles. The van der Waals surface area contributed by atoms with E-state index in [1.807, 2.05) is 19.1 Å². The van der Waals surface area contributed by atoms with Crippen LogP contribution in [0.25, 0.3) is 5.65 Å². The van der Waals surface area contributed by atoms with Crippen LogP contribution in [-0.4, -0.2) is 26.4 Å². The Labute approximate surface area is 146 Å². The highest BCUT2D eigenvalue weighted by Gasteiger charge is 2.19. The zero-order chi connectivity index (χ0) is 17.4. The molecule has 0 saturated carbocycles. The second kappa shape index (κ2) is 6.09. The maximum atomic E-state index is 12.7. The molecular formula is C17H14BrN3O3. The van der Waals surface area contributed by atoms with Gasteiger partial charge in [-0.05, 0) is 49.7 Å². The van der Waals surface area contributed by atoms with Crippen LogP contribution in [-0.2, 0) is 0 Å². The summed E-state index contributed by atoms with van der Waals surface area (Å²) in [5.74, 6) is -1.52. The molecule has 0 saturated heterocycles. The van der Waals surface area contributed by atoms with E-state index in [0.29, 0.717) is 21.5 Å². The number of carboxylic acid groups (broad SMARTS) is 1. The smallest absolute Gasteiger partial charge is 0.337 e. The van der Waals surface area contributed by atoms with Gasteiger partial charge in [0.05, 0.1) is 16.9 Å². The number of halogens is 1. The summed E-state index contributed by atoms with van der Waals surface area (Å²) in [7, 11) is 0. The van der Waals surface area contributed by atoms with Gasteiger partial charge < -0.3 is 10.4 Å². The minimum Gasteiger partial charge on any atom is -0.478 e. The summed E-state index contributed by atoms with van der Waals surface area (Å²) < 4.78 is 2.32. The van der Waals surface area contributed by atoms with E-state index in [2.05, 4.69) is 26.2 Å². The Morgan fingerprint density at radius 2 is 1.96 bits per heavy atom. The number of nitrogens with zero attached hydrogens (tertiary/aromatic N) is 2. The third kappa shape index (κ3) is 2.90. The number of carboxylic acids is 1. The van der Waals surface area contributed by atoms with E-state index in [9.17, 15) is 14.7 Å². The zero-order valence-electron chi connectivity index (χ0n) is 13.0. The van der Waals surface area contributed by atoms with Gasteiger partial charge in [0.25, 0.3) is 5.91 Å². The Morgan fingerprint density at radius 1 is 1.21 bits per heavy atom. The third-order valence-electron chi connectivity index (χ3n) is 3.63. The molecule has 0 bridgehead atoms. The third-order valence-corrected chi connectivity index (χ3v) is 4.12. The Kier molecular flexibility index (Phi) is 4.11. The van der Waals surface area contributed by atoms with Gasteiger partial charge in [0.15, 0.2) is 0 Å². The molecule has 0 fully saturated rings. The summed E-state index contributed by atoms with van der Waals surface area (Å²) >= 11 is 3.23. The number of fused-ring (bicyclic) bond motifs is 1. The maximum absolute atomic E-state index is 12.7. The Hall–Kier alpha value is -2.67. The monoisotopic (exact) mass is 387 g/mol. The lowest BCUT2D eigenvalue weighted by Gasteiger charge is -2.09. The molecule has 7 heteroatoms. The van der Waals surface area contributed by atoms with Crippen LogP contribution < -0.4 is 5.32 Å². The molecule has 0 radical (unpaired) electrons. The summed E-state index contributed by atoms with van der Waals surface area (Å²) in [6.07, 6.45) is 1.78. The number of aryl methyl sites for hydroxylation is 2. The fraction of sp³-hybridized carbons (Fsp3) is 0.118. The number of rotatable bonds is 3. The highest BCUT2D eigenvalue weighted by atomic mass is 79.9. The van der Waals surface area contributed by atoms with Crippen LogP contribution in [0.4, 0.5) is 5.69 Å². The van der Waals surface area contributed by atoms with Crippen molar-refractivity contribution in [1.82, 2.24) is 9.38 Å². The molecular weight excluding hydrogens is 374 g/mol. The molecule has 0 aliphatic rings. The average Bonchev–Trinajstić information content (AvgIpc) is 2.83. The van der Waals surface area contributed by atoms with Gasteiger partial charge in [-0.1, -0.05) is 15.9 Å². The van der Waals surface area contributed by atoms with Crippen molar-refractivity contribution in [3.8, 4) is 0 Å². The van der Waals surface area contributed by atoms with Crippen molar-refractivity contribution >= 4 is 39.1 Å². The van der Waals surface area contributed by atoms with E-state index >= 15 is 0 Å². The fourth-order valence-corrected chi connectivity index (χ4v) is 2.88. The topological polar surface area (TPSA) is 83.7 Å². The normalized spacial score (nSPS) is 10.8. The number of aromatic carboxylic acids is 1. The average molecular weight is 388 g/mol. The van der Waals surface area contributed by atoms with Gasteiger partial charge in [0, 0.05) is 10.7 Å². The van der Waals surface area contributed by atoms with Crippen molar-refractivity contribution < 1.29 is 14.7 Å². The molecule has 0 aliphatic heterocycles. The number of imidazole rings is 1. The minimum atomic E-state index is -1.11. The predicted octanol–water partition coefficient (Wildman–Crippen LogP) is 3.66. The van der Waals surface area contributed by atoms with Gasteiger partial charge in [0.1, 0.15) is 11.3 Å². The van der Waals surface area contributed by atoms with E-state index < -0.39 is 11.9 Å². The molecule has 2 N–H and O–H groups in total. The molecule has 0 aliphatic carbocycles. The van der Waals surface area contributed by atoms with Crippen LogP contribution in [0.15, 0.2) is 41.0 Å². The molecule has 1 amide bonds. The standard InChI is InChI=1S/C17H14BrN3O3/c1-9-5-6-21-14(7-9)19-10(2)15(21)16(22)20-13-4-3-11(18)8-12(13)17(23)24/h3-8H,1-2H3,(H,20,22)(H,23,24). The van der Waals surface area contributed by atoms with Crippen molar-refractivity contribution in [2.75, 3.05) is 5.32 Å². The maximum Gasteiger partial charge on any atom is 0.337 e. The number of anilines is 1. The van der Waals surface area contributed by atoms with Gasteiger partial charge in [-0.15, -0.1) is 0 Å². The van der Waals surface area contributed by atoms with Gasteiger partial charge in [-0.25, -0.2) is 9.78 Å². The van der Waals surface area contributed by atoms with Crippen molar-refractivity contribution in [3.05, 3.63) is 63.5 Å². The van der Waals surface area contributed by atoms with Crippen LogP contribution in [0, 0.1) is 13.8 Å². The number of carbonyl (C=O) groups is 2. The first-order valence-electron chi connectivity index (χ1n) is 7.16. The second-order valence-electron chi connectivity index (χ2n) is 5.43. The van der Waals surface area contributed by atoms with Crippen LogP contribution >= 0.6 is 15.9 Å². The molecule has 0 unspecified atom stereocenters. The van der Waals surface area contributed by atoms with Crippen molar-refractivity contribution in [3.63, 3.8) is 0 Å². The number of aromatic nitrogens is 2. The van der Waals surface area contributed by atoms with Gasteiger partial charge >= 0.3 is 5.97 Å². The van der Waals surface area contributed by atoms with E-state index in [1.54, 1.807) is 29.7 Å². The summed E-state index contributed by atoms with van der Waals surface area (Å²) in [5, 5.41) is 12.0. The predicted molar refractivity (Wildman–Crippen MR) is 93.7 cm³/mol. The summed E-state index contributed by atoms with van der Waals surface area (Å²) in [4.78, 5) is 28.4. The Morgan fingerprint density at radius 3 is 2.67 bits per heavy atom. The zero-order valence-corrected chi connectivity index (χ0v) is 14.6. The highest BCUT2D eigenvalue weighted by molar-refractivity contribution is 9.10. The summed E-state index contributed by atoms with van der Waals surface area (Å²) in [6, 6.07) is 8.43. The van der Waals surface area contributed by atoms with Crippen LogP contribution in [0.3, 0.4) is 0 Å². The number of hydrogen-bond acceptors (Lipinski definition) is 3. The Bertz CT molecular complexity index is 979. The first-order valence-corrected chi connectivity index (χ1v) is 7.95. The fourth-order valence-electron chi connectivity index (χ4n) is 2.52. The molecule has 6 nitrogen and oxygen atoms in total. The molecule has 1 aromatic carbocycles. The largest absolute Gasteiger partial charge is 0.478 e. The second-order valence-corrected chi connectivity index (χ2v) is 6.34. The van der Waals surface area contributed by atoms with Gasteiger partial charge in [-0.3, -0.25) is 9.20 Å². The van der Waals surface area contributed by atoms with E-state index in [0.717, 1.165) is 5.56 Å². The number of amides is 1. The summed E-state index contributed by atoms with van der Waals surface area (Å²) in [5.41, 5.74) is 2.92. The van der Waals surface area contributed by atoms with Crippen LogP contribution in [0.1, 0.15) is 32.1 Å². The molecule has 3 rings (SSSR count). The van der Waals surface area contributed by atoms with Gasteiger partial charge in [0.2, 0.25) is 0 Å².